The Morgan fingerprint density at radius 3 is 2.75 bits per heavy atom. The van der Waals surface area contributed by atoms with E-state index in [1.165, 1.54) is 17.0 Å². The molecule has 1 amide bonds. The summed E-state index contributed by atoms with van der Waals surface area (Å²) in [7, 11) is 4.05. The van der Waals surface area contributed by atoms with Crippen molar-refractivity contribution in [1.29, 1.82) is 0 Å². The van der Waals surface area contributed by atoms with Crippen LogP contribution in [-0.2, 0) is 11.3 Å². The molecule has 1 aromatic carbocycles. The van der Waals surface area contributed by atoms with Crippen molar-refractivity contribution in [3.8, 4) is 0 Å². The zero-order valence-electron chi connectivity index (χ0n) is 14.4. The molecule has 0 bridgehead atoms. The fourth-order valence-electron chi connectivity index (χ4n) is 3.17. The van der Waals surface area contributed by atoms with Crippen LogP contribution in [0.4, 0.5) is 5.69 Å². The zero-order chi connectivity index (χ0) is 16.9. The fraction of sp³-hybridized carbons (Fsp3) is 0.421. The van der Waals surface area contributed by atoms with Gasteiger partial charge in [0.2, 0.25) is 5.91 Å². The summed E-state index contributed by atoms with van der Waals surface area (Å²) in [5.74, 6) is 0.107. The van der Waals surface area contributed by atoms with Gasteiger partial charge >= 0.3 is 0 Å². The third-order valence-corrected chi connectivity index (χ3v) is 5.50. The number of carbonyl (C=O) groups is 1. The van der Waals surface area contributed by atoms with Gasteiger partial charge in [0.15, 0.2) is 0 Å². The van der Waals surface area contributed by atoms with Crippen LogP contribution in [0.25, 0.3) is 0 Å². The first-order valence-electron chi connectivity index (χ1n) is 8.44. The monoisotopic (exact) mass is 343 g/mol. The Balaban J connectivity index is 1.50. The Kier molecular flexibility index (Phi) is 5.53. The number of thiophene rings is 1. The van der Waals surface area contributed by atoms with Crippen molar-refractivity contribution in [3.05, 3.63) is 52.2 Å². The number of hydrogen-bond donors (Lipinski definition) is 1. The molecule has 4 nitrogen and oxygen atoms in total. The molecule has 0 unspecified atom stereocenters. The lowest BCUT2D eigenvalue weighted by molar-refractivity contribution is -0.122. The van der Waals surface area contributed by atoms with E-state index in [9.17, 15) is 4.79 Å². The van der Waals surface area contributed by atoms with Gasteiger partial charge in [0.25, 0.3) is 0 Å². The second-order valence-electron chi connectivity index (χ2n) is 6.48. The maximum atomic E-state index is 12.3. The third kappa shape index (κ3) is 4.16. The number of likely N-dealkylation sites (tertiary alicyclic amines) is 1. The number of rotatable bonds is 6. The molecule has 3 rings (SSSR count). The van der Waals surface area contributed by atoms with Crippen molar-refractivity contribution >= 4 is 22.9 Å². The SMILES string of the molecule is CN(C)c1ccc(CNC(=O)CN2CCC[C@@H]2c2cccs2)cc1. The maximum absolute atomic E-state index is 12.3. The van der Waals surface area contributed by atoms with Gasteiger partial charge in [-0.1, -0.05) is 18.2 Å². The van der Waals surface area contributed by atoms with Gasteiger partial charge in [-0.15, -0.1) is 11.3 Å². The lowest BCUT2D eigenvalue weighted by Gasteiger charge is -2.23. The van der Waals surface area contributed by atoms with Gasteiger partial charge in [-0.3, -0.25) is 9.69 Å². The Morgan fingerprint density at radius 2 is 2.08 bits per heavy atom. The van der Waals surface area contributed by atoms with E-state index < -0.39 is 0 Å². The standard InChI is InChI=1S/C19H25N3OS/c1-21(2)16-9-7-15(8-10-16)13-20-19(23)14-22-11-3-5-17(22)18-6-4-12-24-18/h4,6-10,12,17H,3,5,11,13-14H2,1-2H3,(H,20,23)/t17-/m1/s1. The van der Waals surface area contributed by atoms with E-state index in [2.05, 4.69) is 56.9 Å². The van der Waals surface area contributed by atoms with Crippen LogP contribution in [0.3, 0.4) is 0 Å². The van der Waals surface area contributed by atoms with Crippen molar-refractivity contribution in [3.63, 3.8) is 0 Å². The normalized spacial score (nSPS) is 17.8. The van der Waals surface area contributed by atoms with Crippen LogP contribution in [0.5, 0.6) is 0 Å². The minimum absolute atomic E-state index is 0.107. The summed E-state index contributed by atoms with van der Waals surface area (Å²) in [5, 5.41) is 5.16. The highest BCUT2D eigenvalue weighted by molar-refractivity contribution is 7.10. The topological polar surface area (TPSA) is 35.6 Å². The van der Waals surface area contributed by atoms with Crippen LogP contribution < -0.4 is 10.2 Å². The van der Waals surface area contributed by atoms with E-state index >= 15 is 0 Å². The van der Waals surface area contributed by atoms with Crippen LogP contribution in [0.1, 0.15) is 29.3 Å². The summed E-state index contributed by atoms with van der Waals surface area (Å²) in [6, 6.07) is 13.0. The van der Waals surface area contributed by atoms with E-state index in [0.717, 1.165) is 18.5 Å². The van der Waals surface area contributed by atoms with E-state index in [1.54, 1.807) is 11.3 Å². The Morgan fingerprint density at radius 1 is 1.29 bits per heavy atom. The van der Waals surface area contributed by atoms with Crippen LogP contribution >= 0.6 is 11.3 Å². The highest BCUT2D eigenvalue weighted by atomic mass is 32.1. The first-order chi connectivity index (χ1) is 11.6. The molecule has 128 valence electrons. The zero-order valence-corrected chi connectivity index (χ0v) is 15.2. The van der Waals surface area contributed by atoms with Gasteiger partial charge in [-0.25, -0.2) is 0 Å². The number of nitrogens with zero attached hydrogens (tertiary/aromatic N) is 2. The fourth-order valence-corrected chi connectivity index (χ4v) is 4.07. The summed E-state index contributed by atoms with van der Waals surface area (Å²) >= 11 is 1.79. The highest BCUT2D eigenvalue weighted by Gasteiger charge is 2.27. The Bertz CT molecular complexity index is 652. The summed E-state index contributed by atoms with van der Waals surface area (Å²) in [6.45, 7) is 2.08. The van der Waals surface area contributed by atoms with Crippen LogP contribution in [0.15, 0.2) is 41.8 Å². The second-order valence-corrected chi connectivity index (χ2v) is 7.46. The molecule has 1 saturated heterocycles. The average molecular weight is 343 g/mol. The number of anilines is 1. The van der Waals surface area contributed by atoms with Gasteiger partial charge < -0.3 is 10.2 Å². The predicted octanol–water partition coefficient (Wildman–Crippen LogP) is 3.27. The van der Waals surface area contributed by atoms with Crippen molar-refractivity contribution in [1.82, 2.24) is 10.2 Å². The second kappa shape index (κ2) is 7.81. The molecule has 1 atom stereocenters. The van der Waals surface area contributed by atoms with Gasteiger partial charge in [-0.2, -0.15) is 0 Å². The molecule has 0 spiro atoms. The maximum Gasteiger partial charge on any atom is 0.234 e. The molecule has 0 aliphatic carbocycles. The van der Waals surface area contributed by atoms with Crippen LogP contribution in [0, 0.1) is 0 Å². The Hall–Kier alpha value is -1.85. The molecule has 1 fully saturated rings. The Labute approximate surface area is 148 Å². The first-order valence-corrected chi connectivity index (χ1v) is 9.32. The minimum Gasteiger partial charge on any atom is -0.378 e. The quantitative estimate of drug-likeness (QED) is 0.874. The average Bonchev–Trinajstić information content (AvgIpc) is 3.24. The van der Waals surface area contributed by atoms with Gasteiger partial charge in [0.05, 0.1) is 6.54 Å². The molecule has 24 heavy (non-hydrogen) atoms. The van der Waals surface area contributed by atoms with Gasteiger partial charge in [-0.05, 0) is 48.5 Å². The van der Waals surface area contributed by atoms with E-state index in [1.807, 2.05) is 14.1 Å². The largest absolute Gasteiger partial charge is 0.378 e. The smallest absolute Gasteiger partial charge is 0.234 e. The van der Waals surface area contributed by atoms with E-state index in [0.29, 0.717) is 19.1 Å². The number of carbonyl (C=O) groups excluding carboxylic acids is 1. The minimum atomic E-state index is 0.107. The molecule has 1 N–H and O–H groups in total. The van der Waals surface area contributed by atoms with Gasteiger partial charge in [0, 0.05) is 37.2 Å². The molecule has 5 heteroatoms. The number of hydrogen-bond acceptors (Lipinski definition) is 4. The third-order valence-electron chi connectivity index (χ3n) is 4.52. The summed E-state index contributed by atoms with van der Waals surface area (Å²) < 4.78 is 0. The van der Waals surface area contributed by atoms with Crippen molar-refractivity contribution in [2.75, 3.05) is 32.1 Å². The summed E-state index contributed by atoms with van der Waals surface area (Å²) in [6.07, 6.45) is 2.32. The lowest BCUT2D eigenvalue weighted by Crippen LogP contribution is -2.36. The molecule has 2 aromatic rings. The molecule has 2 heterocycles. The molecule has 0 saturated carbocycles. The first kappa shape index (κ1) is 17.0. The molecular formula is C19H25N3OS. The van der Waals surface area contributed by atoms with E-state index in [-0.39, 0.29) is 5.91 Å². The molecule has 1 aromatic heterocycles. The molecule has 1 aliphatic rings. The molecular weight excluding hydrogens is 318 g/mol. The van der Waals surface area contributed by atoms with Gasteiger partial charge in [0.1, 0.15) is 0 Å². The van der Waals surface area contributed by atoms with E-state index in [4.69, 9.17) is 0 Å². The number of nitrogens with one attached hydrogen (secondary N) is 1. The van der Waals surface area contributed by atoms with Crippen molar-refractivity contribution in [2.24, 2.45) is 0 Å². The lowest BCUT2D eigenvalue weighted by atomic mass is 10.2. The summed E-state index contributed by atoms with van der Waals surface area (Å²) in [4.78, 5) is 18.1. The summed E-state index contributed by atoms with van der Waals surface area (Å²) in [5.41, 5.74) is 2.30. The van der Waals surface area contributed by atoms with Crippen molar-refractivity contribution < 1.29 is 4.79 Å². The molecule has 0 radical (unpaired) electrons. The predicted molar refractivity (Wildman–Crippen MR) is 100 cm³/mol. The van der Waals surface area contributed by atoms with Crippen molar-refractivity contribution in [2.45, 2.75) is 25.4 Å². The number of amides is 1. The van der Waals surface area contributed by atoms with Crippen LogP contribution in [0.2, 0.25) is 0 Å². The number of benzene rings is 1. The molecule has 1 aliphatic heterocycles. The highest BCUT2D eigenvalue weighted by Crippen LogP contribution is 2.33. The van der Waals surface area contributed by atoms with Crippen LogP contribution in [-0.4, -0.2) is 38.0 Å².